The van der Waals surface area contributed by atoms with E-state index in [0.717, 1.165) is 50.7 Å². The smallest absolute Gasteiger partial charge is 0.0619 e. The number of hydrogen-bond acceptors (Lipinski definition) is 3. The Balaban J connectivity index is 1.94. The maximum Gasteiger partial charge on any atom is 0.0619 e. The molecule has 1 heterocycles. The zero-order valence-corrected chi connectivity index (χ0v) is 13.9. The fourth-order valence-corrected chi connectivity index (χ4v) is 2.91. The Morgan fingerprint density at radius 3 is 2.81 bits per heavy atom. The van der Waals surface area contributed by atoms with Gasteiger partial charge in [-0.2, -0.15) is 0 Å². The molecule has 21 heavy (non-hydrogen) atoms. The van der Waals surface area contributed by atoms with Crippen LogP contribution in [0.5, 0.6) is 0 Å². The van der Waals surface area contributed by atoms with E-state index < -0.39 is 0 Å². The highest BCUT2D eigenvalue weighted by atomic mass is 35.5. The van der Waals surface area contributed by atoms with Gasteiger partial charge in [-0.05, 0) is 44.0 Å². The van der Waals surface area contributed by atoms with Gasteiger partial charge in [0.05, 0.1) is 13.2 Å². The van der Waals surface area contributed by atoms with E-state index in [1.165, 1.54) is 5.56 Å². The normalized spacial score (nSPS) is 21.4. The van der Waals surface area contributed by atoms with Gasteiger partial charge in [-0.1, -0.05) is 30.7 Å². The number of benzene rings is 1. The van der Waals surface area contributed by atoms with Gasteiger partial charge in [0.1, 0.15) is 0 Å². The first kappa shape index (κ1) is 16.8. The van der Waals surface area contributed by atoms with E-state index in [2.05, 4.69) is 36.2 Å². The molecule has 2 atom stereocenters. The van der Waals surface area contributed by atoms with E-state index in [9.17, 15) is 0 Å². The Labute approximate surface area is 133 Å². The Morgan fingerprint density at radius 2 is 2.14 bits per heavy atom. The van der Waals surface area contributed by atoms with Gasteiger partial charge in [-0.25, -0.2) is 0 Å². The first-order valence-corrected chi connectivity index (χ1v) is 8.39. The lowest BCUT2D eigenvalue weighted by Gasteiger charge is -2.34. The summed E-state index contributed by atoms with van der Waals surface area (Å²) in [4.78, 5) is 2.53. The van der Waals surface area contributed by atoms with Gasteiger partial charge in [0.2, 0.25) is 0 Å². The molecule has 2 unspecified atom stereocenters. The van der Waals surface area contributed by atoms with Gasteiger partial charge in [-0.15, -0.1) is 0 Å². The average Bonchev–Trinajstić information content (AvgIpc) is 2.50. The lowest BCUT2D eigenvalue weighted by atomic mass is 10.0. The predicted molar refractivity (Wildman–Crippen MR) is 89.0 cm³/mol. The first-order valence-electron chi connectivity index (χ1n) is 8.01. The number of ether oxygens (including phenoxy) is 1. The fraction of sp³-hybridized carbons (Fsp3) is 0.647. The molecule has 118 valence electrons. The van der Waals surface area contributed by atoms with E-state index in [1.807, 2.05) is 12.1 Å². The van der Waals surface area contributed by atoms with E-state index in [4.69, 9.17) is 16.3 Å². The molecule has 1 aliphatic rings. The van der Waals surface area contributed by atoms with Gasteiger partial charge < -0.3 is 10.1 Å². The average molecular weight is 311 g/mol. The standard InChI is InChI=1S/C17H27ClN2O/c1-3-9-19-17(15-4-6-16(18)7-5-15)8-10-20-11-12-21-13-14(20)2/h4-7,14,17,19H,3,8-13H2,1-2H3. The van der Waals surface area contributed by atoms with Crippen LogP contribution in [0.2, 0.25) is 5.02 Å². The SMILES string of the molecule is CCCNC(CCN1CCOCC1C)c1ccc(Cl)cc1. The quantitative estimate of drug-likeness (QED) is 0.834. The van der Waals surface area contributed by atoms with Crippen LogP contribution in [-0.2, 0) is 4.74 Å². The van der Waals surface area contributed by atoms with Crippen molar-refractivity contribution in [3.05, 3.63) is 34.9 Å². The van der Waals surface area contributed by atoms with Crippen molar-refractivity contribution >= 4 is 11.6 Å². The zero-order valence-electron chi connectivity index (χ0n) is 13.1. The van der Waals surface area contributed by atoms with Gasteiger partial charge in [0, 0.05) is 30.2 Å². The van der Waals surface area contributed by atoms with Crippen LogP contribution < -0.4 is 5.32 Å². The molecule has 1 N–H and O–H groups in total. The molecule has 0 bridgehead atoms. The van der Waals surface area contributed by atoms with Crippen LogP contribution in [-0.4, -0.2) is 43.8 Å². The van der Waals surface area contributed by atoms with Crippen molar-refractivity contribution in [1.29, 1.82) is 0 Å². The minimum absolute atomic E-state index is 0.400. The second-order valence-electron chi connectivity index (χ2n) is 5.81. The van der Waals surface area contributed by atoms with Crippen LogP contribution in [0.3, 0.4) is 0 Å². The van der Waals surface area contributed by atoms with E-state index in [1.54, 1.807) is 0 Å². The minimum Gasteiger partial charge on any atom is -0.379 e. The van der Waals surface area contributed by atoms with Gasteiger partial charge in [-0.3, -0.25) is 4.90 Å². The third-order valence-electron chi connectivity index (χ3n) is 4.12. The first-order chi connectivity index (χ1) is 10.2. The summed E-state index contributed by atoms with van der Waals surface area (Å²) in [5.41, 5.74) is 1.33. The number of morpholine rings is 1. The lowest BCUT2D eigenvalue weighted by molar-refractivity contribution is -0.00182. The van der Waals surface area contributed by atoms with Crippen molar-refractivity contribution in [3.8, 4) is 0 Å². The number of hydrogen-bond donors (Lipinski definition) is 1. The van der Waals surface area contributed by atoms with Crippen LogP contribution in [0.15, 0.2) is 24.3 Å². The summed E-state index contributed by atoms with van der Waals surface area (Å²) >= 11 is 6.00. The lowest BCUT2D eigenvalue weighted by Crippen LogP contribution is -2.44. The summed E-state index contributed by atoms with van der Waals surface area (Å²) in [6, 6.07) is 9.16. The summed E-state index contributed by atoms with van der Waals surface area (Å²) < 4.78 is 5.51. The Morgan fingerprint density at radius 1 is 1.38 bits per heavy atom. The molecule has 0 aromatic heterocycles. The number of nitrogens with one attached hydrogen (secondary N) is 1. The van der Waals surface area contributed by atoms with Crippen molar-refractivity contribution < 1.29 is 4.74 Å². The van der Waals surface area contributed by atoms with Gasteiger partial charge in [0.15, 0.2) is 0 Å². The Kier molecular flexibility index (Phi) is 6.97. The number of halogens is 1. The molecule has 1 saturated heterocycles. The van der Waals surface area contributed by atoms with Crippen LogP contribution in [0, 0.1) is 0 Å². The summed E-state index contributed by atoms with van der Waals surface area (Å²) in [5, 5.41) is 4.46. The van der Waals surface area contributed by atoms with Crippen LogP contribution >= 0.6 is 11.6 Å². The molecule has 3 nitrogen and oxygen atoms in total. The summed E-state index contributed by atoms with van der Waals surface area (Å²) in [6.45, 7) is 9.36. The number of rotatable bonds is 7. The minimum atomic E-state index is 0.400. The monoisotopic (exact) mass is 310 g/mol. The van der Waals surface area contributed by atoms with Gasteiger partial charge >= 0.3 is 0 Å². The maximum atomic E-state index is 6.00. The molecule has 0 aliphatic carbocycles. The second-order valence-corrected chi connectivity index (χ2v) is 6.24. The van der Waals surface area contributed by atoms with E-state index in [-0.39, 0.29) is 0 Å². The molecule has 0 spiro atoms. The highest BCUT2D eigenvalue weighted by Gasteiger charge is 2.20. The summed E-state index contributed by atoms with van der Waals surface area (Å²) in [5.74, 6) is 0. The van der Waals surface area contributed by atoms with Crippen molar-refractivity contribution in [2.45, 2.75) is 38.8 Å². The van der Waals surface area contributed by atoms with Crippen molar-refractivity contribution in [2.75, 3.05) is 32.8 Å². The maximum absolute atomic E-state index is 6.00. The Bertz CT molecular complexity index is 410. The molecule has 4 heteroatoms. The van der Waals surface area contributed by atoms with Crippen molar-refractivity contribution in [2.24, 2.45) is 0 Å². The van der Waals surface area contributed by atoms with Crippen LogP contribution in [0.4, 0.5) is 0 Å². The third kappa shape index (κ3) is 5.26. The van der Waals surface area contributed by atoms with E-state index in [0.29, 0.717) is 12.1 Å². The third-order valence-corrected chi connectivity index (χ3v) is 4.38. The molecular weight excluding hydrogens is 284 g/mol. The van der Waals surface area contributed by atoms with Crippen molar-refractivity contribution in [3.63, 3.8) is 0 Å². The molecule has 0 saturated carbocycles. The molecule has 0 amide bonds. The largest absolute Gasteiger partial charge is 0.379 e. The Hall–Kier alpha value is -0.610. The molecule has 1 aromatic carbocycles. The second kappa shape index (κ2) is 8.74. The predicted octanol–water partition coefficient (Wildman–Crippen LogP) is 3.49. The highest BCUT2D eigenvalue weighted by molar-refractivity contribution is 6.30. The van der Waals surface area contributed by atoms with Crippen LogP contribution in [0.1, 0.15) is 38.3 Å². The molecule has 0 radical (unpaired) electrons. The number of nitrogens with zero attached hydrogens (tertiary/aromatic N) is 1. The molecule has 1 aromatic rings. The molecular formula is C17H27ClN2O. The van der Waals surface area contributed by atoms with Crippen LogP contribution in [0.25, 0.3) is 0 Å². The summed E-state index contributed by atoms with van der Waals surface area (Å²) in [6.07, 6.45) is 2.27. The van der Waals surface area contributed by atoms with Gasteiger partial charge in [0.25, 0.3) is 0 Å². The van der Waals surface area contributed by atoms with E-state index >= 15 is 0 Å². The molecule has 1 fully saturated rings. The molecule has 1 aliphatic heterocycles. The van der Waals surface area contributed by atoms with Crippen molar-refractivity contribution in [1.82, 2.24) is 10.2 Å². The topological polar surface area (TPSA) is 24.5 Å². The zero-order chi connectivity index (χ0) is 15.1. The summed E-state index contributed by atoms with van der Waals surface area (Å²) in [7, 11) is 0. The fourth-order valence-electron chi connectivity index (χ4n) is 2.79. The highest BCUT2D eigenvalue weighted by Crippen LogP contribution is 2.21. The molecule has 2 rings (SSSR count).